The summed E-state index contributed by atoms with van der Waals surface area (Å²) in [6.07, 6.45) is 0. The third-order valence-corrected chi connectivity index (χ3v) is 2.52. The molecular weight excluding hydrogens is 276 g/mol. The minimum absolute atomic E-state index is 0.371. The summed E-state index contributed by atoms with van der Waals surface area (Å²) in [7, 11) is 2.96. The first-order chi connectivity index (χ1) is 7.69. The molecule has 0 unspecified atom stereocenters. The van der Waals surface area contributed by atoms with Crippen molar-refractivity contribution in [3.8, 4) is 5.75 Å². The molecule has 0 aliphatic heterocycles. The van der Waals surface area contributed by atoms with Gasteiger partial charge < -0.3 is 14.2 Å². The third kappa shape index (κ3) is 3.50. The number of ether oxygens (including phenoxy) is 3. The Balaban J connectivity index is 2.71. The summed E-state index contributed by atoms with van der Waals surface area (Å²) in [6, 6.07) is 5.03. The quantitative estimate of drug-likeness (QED) is 0.616. The van der Waals surface area contributed by atoms with Crippen molar-refractivity contribution in [2.75, 3.05) is 27.4 Å². The summed E-state index contributed by atoms with van der Waals surface area (Å²) < 4.78 is 15.6. The summed E-state index contributed by atoms with van der Waals surface area (Å²) in [6.45, 7) is 0.984. The van der Waals surface area contributed by atoms with Crippen LogP contribution in [0.5, 0.6) is 5.75 Å². The maximum atomic E-state index is 11.2. The Bertz CT molecular complexity index is 365. The van der Waals surface area contributed by atoms with Crippen LogP contribution in [0.4, 0.5) is 0 Å². The molecule has 4 nitrogen and oxygen atoms in total. The van der Waals surface area contributed by atoms with E-state index in [0.29, 0.717) is 29.0 Å². The Kier molecular flexibility index (Phi) is 5.28. The van der Waals surface area contributed by atoms with Crippen molar-refractivity contribution >= 4 is 21.9 Å². The van der Waals surface area contributed by atoms with Gasteiger partial charge in [0, 0.05) is 7.11 Å². The van der Waals surface area contributed by atoms with E-state index < -0.39 is 0 Å². The van der Waals surface area contributed by atoms with Crippen LogP contribution in [0.2, 0.25) is 0 Å². The second-order valence-electron chi connectivity index (χ2n) is 2.98. The number of rotatable bonds is 5. The molecule has 0 fully saturated rings. The average molecular weight is 289 g/mol. The lowest BCUT2D eigenvalue weighted by Gasteiger charge is -2.08. The molecule has 0 heterocycles. The second kappa shape index (κ2) is 6.50. The van der Waals surface area contributed by atoms with Crippen molar-refractivity contribution in [2.24, 2.45) is 0 Å². The van der Waals surface area contributed by atoms with Crippen LogP contribution in [0.3, 0.4) is 0 Å². The smallest absolute Gasteiger partial charge is 0.337 e. The number of halogens is 1. The highest BCUT2D eigenvalue weighted by Gasteiger charge is 2.08. The molecule has 0 spiro atoms. The number of carbonyl (C=O) groups is 1. The van der Waals surface area contributed by atoms with Gasteiger partial charge in [0.1, 0.15) is 12.4 Å². The van der Waals surface area contributed by atoms with E-state index in [1.807, 2.05) is 0 Å². The van der Waals surface area contributed by atoms with Gasteiger partial charge in [0.25, 0.3) is 0 Å². The van der Waals surface area contributed by atoms with Crippen LogP contribution < -0.4 is 4.74 Å². The first kappa shape index (κ1) is 13.0. The van der Waals surface area contributed by atoms with E-state index in [1.165, 1.54) is 7.11 Å². The zero-order valence-corrected chi connectivity index (χ0v) is 10.7. The molecule has 0 saturated heterocycles. The van der Waals surface area contributed by atoms with Crippen LogP contribution in [-0.2, 0) is 9.47 Å². The van der Waals surface area contributed by atoms with Gasteiger partial charge >= 0.3 is 5.97 Å². The molecule has 1 aromatic carbocycles. The molecular formula is C11H13BrO4. The van der Waals surface area contributed by atoms with Crippen molar-refractivity contribution in [1.82, 2.24) is 0 Å². The van der Waals surface area contributed by atoms with Gasteiger partial charge in [-0.2, -0.15) is 0 Å². The number of hydrogen-bond donors (Lipinski definition) is 0. The molecule has 0 radical (unpaired) electrons. The van der Waals surface area contributed by atoms with Gasteiger partial charge in [-0.1, -0.05) is 0 Å². The van der Waals surface area contributed by atoms with E-state index >= 15 is 0 Å². The first-order valence-corrected chi connectivity index (χ1v) is 5.48. The lowest BCUT2D eigenvalue weighted by molar-refractivity contribution is 0.0600. The lowest BCUT2D eigenvalue weighted by Crippen LogP contribution is -2.06. The van der Waals surface area contributed by atoms with Crippen LogP contribution in [0.15, 0.2) is 22.7 Å². The van der Waals surface area contributed by atoms with Gasteiger partial charge in [-0.15, -0.1) is 0 Å². The van der Waals surface area contributed by atoms with Gasteiger partial charge in [0.15, 0.2) is 0 Å². The van der Waals surface area contributed by atoms with Crippen molar-refractivity contribution in [1.29, 1.82) is 0 Å². The summed E-state index contributed by atoms with van der Waals surface area (Å²) in [5.74, 6) is 0.300. The third-order valence-electron chi connectivity index (χ3n) is 1.90. The predicted octanol–water partition coefficient (Wildman–Crippen LogP) is 2.26. The monoisotopic (exact) mass is 288 g/mol. The molecule has 0 atom stereocenters. The van der Waals surface area contributed by atoms with E-state index in [1.54, 1.807) is 25.3 Å². The van der Waals surface area contributed by atoms with E-state index in [9.17, 15) is 4.79 Å². The van der Waals surface area contributed by atoms with Gasteiger partial charge in [0.2, 0.25) is 0 Å². The van der Waals surface area contributed by atoms with E-state index in [4.69, 9.17) is 9.47 Å². The normalized spacial score (nSPS) is 9.94. The summed E-state index contributed by atoms with van der Waals surface area (Å²) in [5, 5.41) is 0. The first-order valence-electron chi connectivity index (χ1n) is 4.68. The molecule has 0 aliphatic carbocycles. The number of hydrogen-bond acceptors (Lipinski definition) is 4. The number of esters is 1. The summed E-state index contributed by atoms with van der Waals surface area (Å²) in [5.41, 5.74) is 0.480. The van der Waals surface area contributed by atoms with Crippen LogP contribution in [0.25, 0.3) is 0 Å². The molecule has 0 aliphatic rings. The van der Waals surface area contributed by atoms with Crippen LogP contribution in [0.1, 0.15) is 10.4 Å². The lowest BCUT2D eigenvalue weighted by atomic mass is 10.2. The molecule has 0 bridgehead atoms. The molecule has 0 aromatic heterocycles. The standard InChI is InChI=1S/C11H13BrO4/c1-14-5-6-16-10-4-3-8(7-9(10)12)11(13)15-2/h3-4,7H,5-6H2,1-2H3. The average Bonchev–Trinajstić information content (AvgIpc) is 2.30. The largest absolute Gasteiger partial charge is 0.490 e. The predicted molar refractivity (Wildman–Crippen MR) is 62.9 cm³/mol. The highest BCUT2D eigenvalue weighted by Crippen LogP contribution is 2.26. The Morgan fingerprint density at radius 1 is 1.31 bits per heavy atom. The maximum absolute atomic E-state index is 11.2. The maximum Gasteiger partial charge on any atom is 0.337 e. The van der Waals surface area contributed by atoms with E-state index in [-0.39, 0.29) is 5.97 Å². The summed E-state index contributed by atoms with van der Waals surface area (Å²) in [4.78, 5) is 11.2. The van der Waals surface area contributed by atoms with Crippen molar-refractivity contribution in [3.63, 3.8) is 0 Å². The Morgan fingerprint density at radius 3 is 2.62 bits per heavy atom. The number of carbonyl (C=O) groups excluding carboxylic acids is 1. The van der Waals surface area contributed by atoms with E-state index in [0.717, 1.165) is 0 Å². The molecule has 0 N–H and O–H groups in total. The zero-order chi connectivity index (χ0) is 12.0. The number of benzene rings is 1. The van der Waals surface area contributed by atoms with Gasteiger partial charge in [-0.3, -0.25) is 0 Å². The fourth-order valence-electron chi connectivity index (χ4n) is 1.10. The molecule has 16 heavy (non-hydrogen) atoms. The van der Waals surface area contributed by atoms with Gasteiger partial charge in [0.05, 0.1) is 23.8 Å². The Morgan fingerprint density at radius 2 is 2.06 bits per heavy atom. The van der Waals surface area contributed by atoms with Crippen LogP contribution in [0, 0.1) is 0 Å². The molecule has 0 saturated carbocycles. The molecule has 5 heteroatoms. The molecule has 88 valence electrons. The van der Waals surface area contributed by atoms with Crippen molar-refractivity contribution < 1.29 is 19.0 Å². The number of methoxy groups -OCH3 is 2. The second-order valence-corrected chi connectivity index (χ2v) is 3.83. The highest BCUT2D eigenvalue weighted by molar-refractivity contribution is 9.10. The molecule has 1 aromatic rings. The van der Waals surface area contributed by atoms with Gasteiger partial charge in [-0.25, -0.2) is 4.79 Å². The molecule has 1 rings (SSSR count). The SMILES string of the molecule is COCCOc1ccc(C(=O)OC)cc1Br. The fourth-order valence-corrected chi connectivity index (χ4v) is 1.59. The van der Waals surface area contributed by atoms with Crippen molar-refractivity contribution in [2.45, 2.75) is 0 Å². The topological polar surface area (TPSA) is 44.8 Å². The Hall–Kier alpha value is -1.07. The van der Waals surface area contributed by atoms with Crippen LogP contribution in [-0.4, -0.2) is 33.4 Å². The summed E-state index contributed by atoms with van der Waals surface area (Å²) >= 11 is 3.32. The Labute approximate surface area is 103 Å². The minimum atomic E-state index is -0.371. The van der Waals surface area contributed by atoms with Crippen molar-refractivity contribution in [3.05, 3.63) is 28.2 Å². The van der Waals surface area contributed by atoms with E-state index in [2.05, 4.69) is 20.7 Å². The van der Waals surface area contributed by atoms with Gasteiger partial charge in [-0.05, 0) is 34.1 Å². The minimum Gasteiger partial charge on any atom is -0.490 e. The zero-order valence-electron chi connectivity index (χ0n) is 9.16. The highest BCUT2D eigenvalue weighted by atomic mass is 79.9. The van der Waals surface area contributed by atoms with Crippen LogP contribution >= 0.6 is 15.9 Å². The fraction of sp³-hybridized carbons (Fsp3) is 0.364. The molecule has 0 amide bonds.